The zero-order chi connectivity index (χ0) is 72.0. The molecule has 0 saturated carbocycles. The van der Waals surface area contributed by atoms with Gasteiger partial charge in [-0.3, -0.25) is 0 Å². The predicted molar refractivity (Wildman–Crippen MR) is 255 cm³/mol. The van der Waals surface area contributed by atoms with Gasteiger partial charge in [0.2, 0.25) is 0 Å². The summed E-state index contributed by atoms with van der Waals surface area (Å²) in [5, 5.41) is 0. The lowest BCUT2D eigenvalue weighted by molar-refractivity contribution is -0.462. The van der Waals surface area contributed by atoms with Crippen LogP contribution >= 0.6 is 0 Å². The van der Waals surface area contributed by atoms with Gasteiger partial charge in [0.25, 0.3) is 0 Å². The molecule has 0 amide bonds. The van der Waals surface area contributed by atoms with E-state index in [0.717, 1.165) is 51.4 Å². The minimum atomic E-state index is -8.65. The van der Waals surface area contributed by atoms with Crippen LogP contribution in [0.5, 0.6) is 0 Å². The molecule has 0 heterocycles. The van der Waals surface area contributed by atoms with Gasteiger partial charge in [0.1, 0.15) is 0 Å². The maximum Gasteiger partial charge on any atom is 0.460 e. The Bertz CT molecular complexity index is 2040. The van der Waals surface area contributed by atoms with Gasteiger partial charge < -0.3 is 18.9 Å². The molecule has 90 heavy (non-hydrogen) atoms. The summed E-state index contributed by atoms with van der Waals surface area (Å²) >= 11 is 0. The van der Waals surface area contributed by atoms with E-state index in [1.807, 2.05) is 13.8 Å². The molecule has 0 spiro atoms. The van der Waals surface area contributed by atoms with Crippen molar-refractivity contribution in [3.8, 4) is 0 Å². The Kier molecular flexibility index (Phi) is 32.3. The Morgan fingerprint density at radius 2 is 0.444 bits per heavy atom. The summed E-state index contributed by atoms with van der Waals surface area (Å²) in [5.41, 5.74) is 0. The molecule has 0 saturated heterocycles. The van der Waals surface area contributed by atoms with Gasteiger partial charge in [0, 0.05) is 63.9 Å². The molecular weight excluding hydrogens is 1330 g/mol. The second kappa shape index (κ2) is 32.5. The van der Waals surface area contributed by atoms with Crippen LogP contribution in [-0.2, 0) is 18.9 Å². The first-order valence-corrected chi connectivity index (χ1v) is 28.1. The largest absolute Gasteiger partial charge is 0.460 e. The van der Waals surface area contributed by atoms with Crippen molar-refractivity contribution in [2.24, 2.45) is 11.8 Å². The van der Waals surface area contributed by atoms with Crippen molar-refractivity contribution in [3.63, 3.8) is 0 Å². The second-order valence-electron chi connectivity index (χ2n) is 21.4. The summed E-state index contributed by atoms with van der Waals surface area (Å²) in [6, 6.07) is 0. The first-order valence-electron chi connectivity index (χ1n) is 28.1. The zero-order valence-electron chi connectivity index (χ0n) is 49.6. The fraction of sp³-hybridized carbons (Fsp3) is 1.00. The number of halogens is 34. The third kappa shape index (κ3) is 18.1. The molecule has 0 aromatic rings. The molecule has 0 radical (unpaired) electrons. The van der Waals surface area contributed by atoms with Crippen LogP contribution in [0.2, 0.25) is 0 Å². The van der Waals surface area contributed by atoms with Crippen LogP contribution < -0.4 is 0 Å². The average Bonchev–Trinajstić information content (AvgIpc) is 0.708. The van der Waals surface area contributed by atoms with Gasteiger partial charge in [0.05, 0.1) is 0 Å². The summed E-state index contributed by atoms with van der Waals surface area (Å²) in [7, 11) is 0. The van der Waals surface area contributed by atoms with E-state index >= 15 is 0 Å². The quantitative estimate of drug-likeness (QED) is 0.0346. The standard InChI is InChI=1S/C27H39F17O2.C25H35F17O2/c1-5-8-9-10-11-12-13-18(4)19(45-16-6-2,46-17-7-3)14-15-20(28,29)21(30,31)22(32,33)23(34,35)24(36,37)25(38,39)26(40,41)27(42,43)44;1-5-8-9-10-11-12-13-16(4)17(43-6-2,44-7-3)14-15-18(26,27)19(28,29)20(30,31)21(32,33)22(34,35)23(36,37)24(38,39)25(40,41)42/h18H,5-17H2,1-4H3;16H,5-15H2,1-4H3. The summed E-state index contributed by atoms with van der Waals surface area (Å²) in [4.78, 5) is 0. The lowest BCUT2D eigenvalue weighted by Crippen LogP contribution is -2.74. The highest BCUT2D eigenvalue weighted by Crippen LogP contribution is 2.67. The summed E-state index contributed by atoms with van der Waals surface area (Å²) in [5.74, 6) is -119. The van der Waals surface area contributed by atoms with Crippen molar-refractivity contribution < 1.29 is 168 Å². The van der Waals surface area contributed by atoms with E-state index in [1.54, 1.807) is 0 Å². The Hall–Kier alpha value is -2.54. The molecule has 0 bridgehead atoms. The van der Waals surface area contributed by atoms with Gasteiger partial charge in [0.15, 0.2) is 11.6 Å². The molecule has 0 N–H and O–H groups in total. The number of alkyl halides is 34. The lowest BCUT2D eigenvalue weighted by Gasteiger charge is -2.44. The molecule has 0 aliphatic heterocycles. The molecule has 38 heteroatoms. The van der Waals surface area contributed by atoms with Gasteiger partial charge in [-0.25, -0.2) is 0 Å². The Morgan fingerprint density at radius 1 is 0.233 bits per heavy atom. The van der Waals surface area contributed by atoms with E-state index in [1.165, 1.54) is 41.5 Å². The molecular formula is C52H74F34O4. The number of ether oxygens (including phenoxy) is 4. The van der Waals surface area contributed by atoms with Gasteiger partial charge >= 0.3 is 95.3 Å². The van der Waals surface area contributed by atoms with E-state index in [2.05, 4.69) is 0 Å². The van der Waals surface area contributed by atoms with Gasteiger partial charge in [-0.15, -0.1) is 0 Å². The predicted octanol–water partition coefficient (Wildman–Crippen LogP) is 22.6. The highest BCUT2D eigenvalue weighted by atomic mass is 19.4. The van der Waals surface area contributed by atoms with Crippen molar-refractivity contribution in [1.29, 1.82) is 0 Å². The van der Waals surface area contributed by atoms with Crippen molar-refractivity contribution in [2.75, 3.05) is 26.4 Å². The second-order valence-corrected chi connectivity index (χ2v) is 21.4. The van der Waals surface area contributed by atoms with Crippen LogP contribution in [0.25, 0.3) is 0 Å². The van der Waals surface area contributed by atoms with Crippen LogP contribution in [-0.4, -0.2) is 133 Å². The molecule has 0 aliphatic rings. The summed E-state index contributed by atoms with van der Waals surface area (Å²) in [6.07, 6.45) is -14.2. The number of hydrogen-bond acceptors (Lipinski definition) is 4. The molecule has 2 atom stereocenters. The fourth-order valence-electron chi connectivity index (χ4n) is 8.74. The molecule has 544 valence electrons. The molecule has 0 rings (SSSR count). The monoisotopic (exact) mass is 1410 g/mol. The minimum absolute atomic E-state index is 0.122. The first kappa shape index (κ1) is 89.5. The van der Waals surface area contributed by atoms with Gasteiger partial charge in [-0.05, 0) is 39.5 Å². The number of rotatable bonds is 44. The highest BCUT2D eigenvalue weighted by Gasteiger charge is 2.97. The Morgan fingerprint density at radius 3 is 0.667 bits per heavy atom. The fourth-order valence-corrected chi connectivity index (χ4v) is 8.74. The van der Waals surface area contributed by atoms with Gasteiger partial charge in [-0.1, -0.05) is 119 Å². The van der Waals surface area contributed by atoms with E-state index in [4.69, 9.17) is 18.9 Å². The third-order valence-corrected chi connectivity index (χ3v) is 14.5. The lowest BCUT2D eigenvalue weighted by atomic mass is 9.85. The molecule has 0 aliphatic carbocycles. The van der Waals surface area contributed by atoms with Crippen LogP contribution in [0.3, 0.4) is 0 Å². The zero-order valence-corrected chi connectivity index (χ0v) is 49.6. The maximum atomic E-state index is 14.8. The molecule has 2 unspecified atom stereocenters. The molecule has 4 nitrogen and oxygen atoms in total. The summed E-state index contributed by atoms with van der Waals surface area (Å²) in [6.45, 7) is 10.9. The smallest absolute Gasteiger partial charge is 0.350 e. The van der Waals surface area contributed by atoms with Crippen molar-refractivity contribution in [1.82, 2.24) is 0 Å². The SMILES string of the molecule is CCCCCCCCC(C)C(CCC(F)(F)C(F)(F)C(F)(F)C(F)(F)C(F)(F)C(F)(F)C(F)(F)C(F)(F)F)(OCC)OCC.CCCCCCCCC(C)C(CCC(F)(F)C(F)(F)C(F)(F)C(F)(F)C(F)(F)C(F)(F)C(F)(F)C(F)(F)F)(OCCC)OCCC. The van der Waals surface area contributed by atoms with Crippen molar-refractivity contribution >= 4 is 0 Å². The van der Waals surface area contributed by atoms with Crippen molar-refractivity contribution in [3.05, 3.63) is 0 Å². The number of hydrogen-bond donors (Lipinski definition) is 0. The molecule has 0 aromatic carbocycles. The molecule has 0 aromatic heterocycles. The third-order valence-electron chi connectivity index (χ3n) is 14.5. The minimum Gasteiger partial charge on any atom is -0.350 e. The number of unbranched alkanes of at least 4 members (excludes halogenated alkanes) is 10. The highest BCUT2D eigenvalue weighted by molar-refractivity contribution is 5.17. The van der Waals surface area contributed by atoms with E-state index in [-0.39, 0.29) is 52.1 Å². The van der Waals surface area contributed by atoms with E-state index in [0.29, 0.717) is 25.7 Å². The van der Waals surface area contributed by atoms with Crippen LogP contribution in [0.15, 0.2) is 0 Å². The van der Waals surface area contributed by atoms with Crippen LogP contribution in [0, 0.1) is 11.8 Å². The van der Waals surface area contributed by atoms with Crippen molar-refractivity contribution in [2.45, 2.75) is 291 Å². The average molecular weight is 1410 g/mol. The Labute approximate surface area is 496 Å². The summed E-state index contributed by atoms with van der Waals surface area (Å²) < 4.78 is 486. The van der Waals surface area contributed by atoms with Crippen LogP contribution in [0.1, 0.15) is 184 Å². The topological polar surface area (TPSA) is 36.9 Å². The van der Waals surface area contributed by atoms with Gasteiger partial charge in [-0.2, -0.15) is 149 Å². The Balaban J connectivity index is 0. The van der Waals surface area contributed by atoms with Crippen LogP contribution in [0.4, 0.5) is 149 Å². The molecule has 0 fully saturated rings. The van der Waals surface area contributed by atoms with E-state index in [9.17, 15) is 149 Å². The normalized spacial score (nSPS) is 15.9. The first-order chi connectivity index (χ1) is 40.1. The maximum absolute atomic E-state index is 14.8. The van der Waals surface area contributed by atoms with E-state index < -0.39 is 144 Å².